The highest BCUT2D eigenvalue weighted by Crippen LogP contribution is 2.32. The maximum absolute atomic E-state index is 11.3. The first-order valence-corrected chi connectivity index (χ1v) is 4.58. The molecule has 1 aliphatic carbocycles. The van der Waals surface area contributed by atoms with Crippen LogP contribution in [-0.2, 0) is 14.0 Å². The monoisotopic (exact) mass is 190 g/mol. The molecule has 3 nitrogen and oxygen atoms in total. The van der Waals surface area contributed by atoms with Gasteiger partial charge < -0.3 is 0 Å². The summed E-state index contributed by atoms with van der Waals surface area (Å²) in [5, 5.41) is 0. The minimum atomic E-state index is -0.708. The number of ketones is 1. The Labute approximate surface area is 78.0 Å². The van der Waals surface area contributed by atoms with Crippen molar-refractivity contribution in [1.29, 1.82) is 0 Å². The molecule has 0 saturated heterocycles. The number of carbonyl (C=O) groups is 1. The lowest BCUT2D eigenvalue weighted by molar-refractivity contribution is -0.276. The Morgan fingerprint density at radius 1 is 1.33 bits per heavy atom. The highest BCUT2D eigenvalue weighted by Gasteiger charge is 2.39. The zero-order chi connectivity index (χ0) is 9.03. The van der Waals surface area contributed by atoms with Crippen molar-refractivity contribution >= 4 is 18.7 Å². The third kappa shape index (κ3) is 2.00. The molecule has 0 bridgehead atoms. The molecule has 1 rings (SSSR count). The molecule has 0 unspecified atom stereocenters. The molecule has 0 aliphatic heterocycles. The topological polar surface area (TPSA) is 35.5 Å². The molecule has 0 N–H and O–H groups in total. The summed E-state index contributed by atoms with van der Waals surface area (Å²) >= 11 is 3.51. The maximum Gasteiger partial charge on any atom is 0.164 e. The summed E-state index contributed by atoms with van der Waals surface area (Å²) in [7, 11) is 0. The van der Waals surface area contributed by atoms with E-state index < -0.39 is 5.60 Å². The fraction of sp³-hybridized carbons (Fsp3) is 0.875. The van der Waals surface area contributed by atoms with Crippen molar-refractivity contribution in [3.05, 3.63) is 0 Å². The summed E-state index contributed by atoms with van der Waals surface area (Å²) in [5.74, 6) is 0.0382. The van der Waals surface area contributed by atoms with Crippen molar-refractivity contribution in [2.75, 3.05) is 0 Å². The summed E-state index contributed by atoms with van der Waals surface area (Å²) in [6, 6.07) is 0. The van der Waals surface area contributed by atoms with Gasteiger partial charge in [-0.25, -0.2) is 4.89 Å². The number of hydrogen-bond acceptors (Lipinski definition) is 4. The van der Waals surface area contributed by atoms with E-state index in [1.165, 1.54) is 13.3 Å². The third-order valence-corrected chi connectivity index (χ3v) is 2.57. The van der Waals surface area contributed by atoms with E-state index in [0.29, 0.717) is 0 Å². The Balaban J connectivity index is 2.63. The SMILES string of the molecule is CC(=O)C1(OOS)CCCCC1. The minimum Gasteiger partial charge on any atom is -0.297 e. The highest BCUT2D eigenvalue weighted by atomic mass is 32.1. The number of hydrogen-bond donors (Lipinski definition) is 1. The molecule has 0 atom stereocenters. The van der Waals surface area contributed by atoms with Gasteiger partial charge in [-0.3, -0.25) is 4.79 Å². The van der Waals surface area contributed by atoms with E-state index in [9.17, 15) is 4.79 Å². The summed E-state index contributed by atoms with van der Waals surface area (Å²) in [4.78, 5) is 16.2. The van der Waals surface area contributed by atoms with Crippen molar-refractivity contribution in [1.82, 2.24) is 0 Å². The molecule has 0 aromatic carbocycles. The maximum atomic E-state index is 11.3. The standard InChI is InChI=1S/C8H14O3S/c1-7(9)8(10-11-12)5-3-2-4-6-8/h12H,2-6H2,1H3. The predicted octanol–water partition coefficient (Wildman–Crippen LogP) is 2.07. The van der Waals surface area contributed by atoms with Crippen molar-refractivity contribution in [3.63, 3.8) is 0 Å². The van der Waals surface area contributed by atoms with Gasteiger partial charge in [0, 0.05) is 12.9 Å². The Morgan fingerprint density at radius 3 is 2.33 bits per heavy atom. The van der Waals surface area contributed by atoms with Crippen LogP contribution in [0.2, 0.25) is 0 Å². The van der Waals surface area contributed by atoms with Gasteiger partial charge in [0.1, 0.15) is 0 Å². The van der Waals surface area contributed by atoms with Gasteiger partial charge in [-0.15, -0.1) is 0 Å². The molecule has 1 saturated carbocycles. The van der Waals surface area contributed by atoms with Gasteiger partial charge >= 0.3 is 0 Å². The fourth-order valence-corrected chi connectivity index (χ4v) is 1.83. The van der Waals surface area contributed by atoms with Gasteiger partial charge in [0.05, 0.1) is 0 Å². The second-order valence-corrected chi connectivity index (χ2v) is 3.42. The highest BCUT2D eigenvalue weighted by molar-refractivity contribution is 7.74. The van der Waals surface area contributed by atoms with E-state index in [2.05, 4.69) is 17.2 Å². The first kappa shape index (κ1) is 10.0. The zero-order valence-corrected chi connectivity index (χ0v) is 8.10. The summed E-state index contributed by atoms with van der Waals surface area (Å²) < 4.78 is 4.32. The first-order chi connectivity index (χ1) is 5.71. The summed E-state index contributed by atoms with van der Waals surface area (Å²) in [5.41, 5.74) is -0.708. The number of rotatable bonds is 3. The number of thiol groups is 1. The minimum absolute atomic E-state index is 0.0382. The molecular weight excluding hydrogens is 176 g/mol. The molecule has 0 aromatic rings. The molecule has 0 spiro atoms. The average molecular weight is 190 g/mol. The molecule has 0 amide bonds. The third-order valence-electron chi connectivity index (χ3n) is 2.50. The Kier molecular flexibility index (Phi) is 3.55. The van der Waals surface area contributed by atoms with Crippen LogP contribution in [0.3, 0.4) is 0 Å². The van der Waals surface area contributed by atoms with E-state index in [0.717, 1.165) is 25.7 Å². The van der Waals surface area contributed by atoms with Crippen LogP contribution in [0.25, 0.3) is 0 Å². The van der Waals surface area contributed by atoms with E-state index in [4.69, 9.17) is 4.89 Å². The molecule has 1 fully saturated rings. The number of Topliss-reactive ketones (excluding diaryl/α,β-unsaturated/α-hetero) is 1. The summed E-state index contributed by atoms with van der Waals surface area (Å²) in [6.07, 6.45) is 4.73. The largest absolute Gasteiger partial charge is 0.297 e. The van der Waals surface area contributed by atoms with Gasteiger partial charge in [0.2, 0.25) is 0 Å². The predicted molar refractivity (Wildman–Crippen MR) is 47.7 cm³/mol. The summed E-state index contributed by atoms with van der Waals surface area (Å²) in [6.45, 7) is 1.54. The Hall–Kier alpha value is -0.0600. The van der Waals surface area contributed by atoms with Crippen LogP contribution in [0.5, 0.6) is 0 Å². The van der Waals surface area contributed by atoms with E-state index in [1.54, 1.807) is 0 Å². The van der Waals surface area contributed by atoms with Crippen LogP contribution < -0.4 is 0 Å². The van der Waals surface area contributed by atoms with Crippen molar-refractivity contribution in [2.24, 2.45) is 0 Å². The van der Waals surface area contributed by atoms with Crippen LogP contribution in [0.1, 0.15) is 39.0 Å². The second-order valence-electron chi connectivity index (χ2n) is 3.27. The van der Waals surface area contributed by atoms with Gasteiger partial charge in [-0.2, -0.15) is 4.33 Å². The van der Waals surface area contributed by atoms with Crippen LogP contribution in [-0.4, -0.2) is 11.4 Å². The van der Waals surface area contributed by atoms with E-state index in [1.807, 2.05) is 0 Å². The lowest BCUT2D eigenvalue weighted by Gasteiger charge is -2.31. The molecule has 12 heavy (non-hydrogen) atoms. The van der Waals surface area contributed by atoms with Crippen molar-refractivity contribution in [2.45, 2.75) is 44.6 Å². The zero-order valence-electron chi connectivity index (χ0n) is 7.21. The van der Waals surface area contributed by atoms with Gasteiger partial charge in [-0.05, 0) is 32.6 Å². The van der Waals surface area contributed by atoms with E-state index >= 15 is 0 Å². The van der Waals surface area contributed by atoms with Gasteiger partial charge in [-0.1, -0.05) is 6.42 Å². The molecule has 4 heteroatoms. The molecule has 1 aliphatic rings. The van der Waals surface area contributed by atoms with Crippen LogP contribution in [0, 0.1) is 0 Å². The quantitative estimate of drug-likeness (QED) is 0.320. The van der Waals surface area contributed by atoms with Crippen LogP contribution in [0.15, 0.2) is 0 Å². The molecule has 0 radical (unpaired) electrons. The first-order valence-electron chi connectivity index (χ1n) is 4.21. The molecule has 70 valence electrons. The van der Waals surface area contributed by atoms with Gasteiger partial charge in [0.25, 0.3) is 0 Å². The van der Waals surface area contributed by atoms with Crippen molar-refractivity contribution < 1.29 is 14.0 Å². The van der Waals surface area contributed by atoms with E-state index in [-0.39, 0.29) is 5.78 Å². The molecule has 0 heterocycles. The van der Waals surface area contributed by atoms with Crippen molar-refractivity contribution in [3.8, 4) is 0 Å². The van der Waals surface area contributed by atoms with Crippen LogP contribution >= 0.6 is 12.9 Å². The number of carbonyl (C=O) groups excluding carboxylic acids is 1. The Morgan fingerprint density at radius 2 is 1.92 bits per heavy atom. The lowest BCUT2D eigenvalue weighted by atomic mass is 9.82. The van der Waals surface area contributed by atoms with Crippen LogP contribution in [0.4, 0.5) is 0 Å². The fourth-order valence-electron chi connectivity index (χ4n) is 1.69. The van der Waals surface area contributed by atoms with Gasteiger partial charge in [0.15, 0.2) is 11.4 Å². The average Bonchev–Trinajstić information content (AvgIpc) is 2.06. The normalized spacial score (nSPS) is 22.2. The molecule has 0 aromatic heterocycles. The smallest absolute Gasteiger partial charge is 0.164 e. The lowest BCUT2D eigenvalue weighted by Crippen LogP contribution is -2.41. The second kappa shape index (κ2) is 4.25. The molecular formula is C8H14O3S. The Bertz CT molecular complexity index is 158.